The van der Waals surface area contributed by atoms with Crippen LogP contribution >= 0.6 is 0 Å². The third-order valence-electron chi connectivity index (χ3n) is 4.51. The number of nitrogens with zero attached hydrogens (tertiary/aromatic N) is 3. The molecule has 0 bridgehead atoms. The van der Waals surface area contributed by atoms with Gasteiger partial charge in [0.1, 0.15) is 5.69 Å². The van der Waals surface area contributed by atoms with Crippen LogP contribution < -0.4 is 10.2 Å². The van der Waals surface area contributed by atoms with E-state index in [1.54, 1.807) is 6.07 Å². The molecule has 3 heterocycles. The maximum atomic E-state index is 12.3. The lowest BCUT2D eigenvalue weighted by atomic mass is 10.0. The van der Waals surface area contributed by atoms with Gasteiger partial charge in [0.2, 0.25) is 5.95 Å². The number of hydrogen-bond donors (Lipinski definition) is 1. The first-order valence-corrected chi connectivity index (χ1v) is 8.79. The second-order valence-corrected chi connectivity index (χ2v) is 6.40. The topological polar surface area (TPSA) is 76.6 Å². The smallest absolute Gasteiger partial charge is 0.270 e. The Hall–Kier alpha value is -1.73. The van der Waals surface area contributed by atoms with E-state index < -0.39 is 5.79 Å². The molecule has 2 aliphatic heterocycles. The molecule has 0 atom stereocenters. The Kier molecular flexibility index (Phi) is 5.30. The molecule has 0 unspecified atom stereocenters. The third kappa shape index (κ3) is 3.84. The third-order valence-corrected chi connectivity index (χ3v) is 4.51. The normalized spacial score (nSPS) is 19.7. The van der Waals surface area contributed by atoms with Gasteiger partial charge in [-0.2, -0.15) is 0 Å². The summed E-state index contributed by atoms with van der Waals surface area (Å²) in [6.07, 6.45) is 3.61. The molecule has 0 saturated carbocycles. The lowest BCUT2D eigenvalue weighted by molar-refractivity contribution is -0.169. The molecular formula is C17H26N4O3. The highest BCUT2D eigenvalue weighted by molar-refractivity contribution is 5.92. The van der Waals surface area contributed by atoms with Crippen molar-refractivity contribution < 1.29 is 14.3 Å². The SMILES string of the molecule is CCCCNC(=O)c1cc(C)nc(N2CCC3(CC2)OCCO3)n1. The molecule has 1 N–H and O–H groups in total. The minimum absolute atomic E-state index is 0.133. The number of carbonyl (C=O) groups excluding carboxylic acids is 1. The summed E-state index contributed by atoms with van der Waals surface area (Å²) in [6.45, 7) is 7.53. The quantitative estimate of drug-likeness (QED) is 0.825. The van der Waals surface area contributed by atoms with Gasteiger partial charge in [0.15, 0.2) is 5.79 Å². The molecular weight excluding hydrogens is 308 g/mol. The number of aryl methyl sites for hydroxylation is 1. The van der Waals surface area contributed by atoms with Crippen LogP contribution in [-0.4, -0.2) is 54.5 Å². The summed E-state index contributed by atoms with van der Waals surface area (Å²) in [7, 11) is 0. The van der Waals surface area contributed by atoms with Crippen LogP contribution in [0.3, 0.4) is 0 Å². The first kappa shape index (κ1) is 17.1. The number of hydrogen-bond acceptors (Lipinski definition) is 6. The van der Waals surface area contributed by atoms with E-state index in [0.29, 0.717) is 31.4 Å². The molecule has 132 valence electrons. The van der Waals surface area contributed by atoms with Gasteiger partial charge in [0.25, 0.3) is 5.91 Å². The minimum atomic E-state index is -0.416. The van der Waals surface area contributed by atoms with Crippen LogP contribution in [0.2, 0.25) is 0 Å². The van der Waals surface area contributed by atoms with E-state index in [0.717, 1.165) is 44.5 Å². The lowest BCUT2D eigenvalue weighted by Crippen LogP contribution is -2.46. The fourth-order valence-electron chi connectivity index (χ4n) is 3.11. The number of aromatic nitrogens is 2. The Bertz CT molecular complexity index is 577. The molecule has 7 nitrogen and oxygen atoms in total. The number of piperidine rings is 1. The first-order valence-electron chi connectivity index (χ1n) is 8.79. The van der Waals surface area contributed by atoms with Gasteiger partial charge < -0.3 is 19.7 Å². The van der Waals surface area contributed by atoms with Crippen molar-refractivity contribution in [2.45, 2.75) is 45.3 Å². The highest BCUT2D eigenvalue weighted by Gasteiger charge is 2.40. The highest BCUT2D eigenvalue weighted by Crippen LogP contribution is 2.32. The predicted molar refractivity (Wildman–Crippen MR) is 90.1 cm³/mol. The zero-order chi connectivity index (χ0) is 17.0. The summed E-state index contributed by atoms with van der Waals surface area (Å²) in [6, 6.07) is 1.74. The zero-order valence-corrected chi connectivity index (χ0v) is 14.5. The average Bonchev–Trinajstić information content (AvgIpc) is 3.03. The van der Waals surface area contributed by atoms with Crippen molar-refractivity contribution in [3.8, 4) is 0 Å². The van der Waals surface area contributed by atoms with Crippen LogP contribution in [0.25, 0.3) is 0 Å². The molecule has 1 aromatic rings. The summed E-state index contributed by atoms with van der Waals surface area (Å²) in [5.41, 5.74) is 1.23. The number of unbranched alkanes of at least 4 members (excludes halogenated alkanes) is 1. The van der Waals surface area contributed by atoms with Gasteiger partial charge in [0, 0.05) is 38.2 Å². The van der Waals surface area contributed by atoms with Crippen molar-refractivity contribution in [3.63, 3.8) is 0 Å². The second kappa shape index (κ2) is 7.44. The van der Waals surface area contributed by atoms with Crippen LogP contribution in [-0.2, 0) is 9.47 Å². The predicted octanol–water partition coefficient (Wildman–Crippen LogP) is 1.66. The number of rotatable bonds is 5. The van der Waals surface area contributed by atoms with Gasteiger partial charge in [0.05, 0.1) is 13.2 Å². The van der Waals surface area contributed by atoms with Crippen LogP contribution in [0.5, 0.6) is 0 Å². The highest BCUT2D eigenvalue weighted by atomic mass is 16.7. The van der Waals surface area contributed by atoms with E-state index in [-0.39, 0.29) is 5.91 Å². The molecule has 2 fully saturated rings. The van der Waals surface area contributed by atoms with Crippen molar-refractivity contribution in [1.29, 1.82) is 0 Å². The molecule has 2 aliphatic rings. The van der Waals surface area contributed by atoms with E-state index in [1.165, 1.54) is 0 Å². The van der Waals surface area contributed by atoms with Crippen molar-refractivity contribution in [2.24, 2.45) is 0 Å². The van der Waals surface area contributed by atoms with Crippen molar-refractivity contribution in [2.75, 3.05) is 37.7 Å². The molecule has 1 aromatic heterocycles. The second-order valence-electron chi connectivity index (χ2n) is 6.40. The Morgan fingerprint density at radius 3 is 2.67 bits per heavy atom. The molecule has 0 aliphatic carbocycles. The van der Waals surface area contributed by atoms with E-state index in [1.807, 2.05) is 6.92 Å². The Labute approximate surface area is 142 Å². The molecule has 3 rings (SSSR count). The summed E-state index contributed by atoms with van der Waals surface area (Å²) < 4.78 is 11.5. The lowest BCUT2D eigenvalue weighted by Gasteiger charge is -2.37. The Balaban J connectivity index is 1.66. The van der Waals surface area contributed by atoms with Crippen molar-refractivity contribution in [3.05, 3.63) is 17.5 Å². The zero-order valence-electron chi connectivity index (χ0n) is 14.5. The van der Waals surface area contributed by atoms with Crippen molar-refractivity contribution >= 4 is 11.9 Å². The fraction of sp³-hybridized carbons (Fsp3) is 0.706. The summed E-state index contributed by atoms with van der Waals surface area (Å²) in [5.74, 6) is 0.0651. The van der Waals surface area contributed by atoms with Gasteiger partial charge >= 0.3 is 0 Å². The van der Waals surface area contributed by atoms with Crippen LogP contribution in [0.4, 0.5) is 5.95 Å². The van der Waals surface area contributed by atoms with E-state index >= 15 is 0 Å². The number of ether oxygens (including phenoxy) is 2. The standard InChI is InChI=1S/C17H26N4O3/c1-3-4-7-18-15(22)14-12-13(2)19-16(20-14)21-8-5-17(6-9-21)23-10-11-24-17/h12H,3-11H2,1-2H3,(H,18,22). The molecule has 0 radical (unpaired) electrons. The Morgan fingerprint density at radius 1 is 1.29 bits per heavy atom. The minimum Gasteiger partial charge on any atom is -0.351 e. The van der Waals surface area contributed by atoms with Crippen LogP contribution in [0.15, 0.2) is 6.07 Å². The van der Waals surface area contributed by atoms with Gasteiger partial charge in [-0.15, -0.1) is 0 Å². The Morgan fingerprint density at radius 2 is 2.00 bits per heavy atom. The van der Waals surface area contributed by atoms with E-state index in [9.17, 15) is 4.79 Å². The maximum Gasteiger partial charge on any atom is 0.270 e. The summed E-state index contributed by atoms with van der Waals surface area (Å²) >= 11 is 0. The number of anilines is 1. The number of nitrogens with one attached hydrogen (secondary N) is 1. The molecule has 1 spiro atoms. The molecule has 2 saturated heterocycles. The molecule has 1 amide bonds. The summed E-state index contributed by atoms with van der Waals surface area (Å²) in [5, 5.41) is 2.91. The first-order chi connectivity index (χ1) is 11.6. The van der Waals surface area contributed by atoms with Gasteiger partial charge in [-0.1, -0.05) is 13.3 Å². The molecule has 7 heteroatoms. The van der Waals surface area contributed by atoms with Gasteiger partial charge in [-0.3, -0.25) is 4.79 Å². The van der Waals surface area contributed by atoms with Gasteiger partial charge in [-0.25, -0.2) is 9.97 Å². The molecule has 0 aromatic carbocycles. The monoisotopic (exact) mass is 334 g/mol. The van der Waals surface area contributed by atoms with E-state index in [2.05, 4.69) is 27.1 Å². The fourth-order valence-corrected chi connectivity index (χ4v) is 3.11. The average molecular weight is 334 g/mol. The van der Waals surface area contributed by atoms with Gasteiger partial charge in [-0.05, 0) is 19.4 Å². The van der Waals surface area contributed by atoms with Crippen LogP contribution in [0, 0.1) is 6.92 Å². The van der Waals surface area contributed by atoms with Crippen LogP contribution in [0.1, 0.15) is 48.8 Å². The van der Waals surface area contributed by atoms with E-state index in [4.69, 9.17) is 9.47 Å². The van der Waals surface area contributed by atoms with Crippen molar-refractivity contribution in [1.82, 2.24) is 15.3 Å². The maximum absolute atomic E-state index is 12.3. The number of amides is 1. The largest absolute Gasteiger partial charge is 0.351 e. The number of carbonyl (C=O) groups is 1. The summed E-state index contributed by atoms with van der Waals surface area (Å²) in [4.78, 5) is 23.3. The molecule has 24 heavy (non-hydrogen) atoms.